The van der Waals surface area contributed by atoms with Crippen molar-refractivity contribution in [2.24, 2.45) is 5.73 Å². The van der Waals surface area contributed by atoms with Crippen molar-refractivity contribution in [3.05, 3.63) is 0 Å². The molecule has 0 aromatic rings. The number of hydrogen-bond donors (Lipinski definition) is 2. The molecular formula is C9H17N3O4S3. The Bertz CT molecular complexity index is 457. The van der Waals surface area contributed by atoms with Gasteiger partial charge in [-0.05, 0) is 19.1 Å². The molecule has 1 saturated heterocycles. The van der Waals surface area contributed by atoms with E-state index in [1.807, 2.05) is 11.0 Å². The summed E-state index contributed by atoms with van der Waals surface area (Å²) in [5, 5.41) is 0. The third-order valence-corrected chi connectivity index (χ3v) is 6.51. The normalized spacial score (nSPS) is 19.7. The number of carbonyl (C=O) groups excluding carboxylic acids is 1. The number of rotatable bonds is 4. The van der Waals surface area contributed by atoms with Crippen molar-refractivity contribution in [3.63, 3.8) is 0 Å². The van der Waals surface area contributed by atoms with Gasteiger partial charge in [-0.15, -0.1) is 0 Å². The van der Waals surface area contributed by atoms with Gasteiger partial charge in [0.1, 0.15) is 0 Å². The van der Waals surface area contributed by atoms with Gasteiger partial charge >= 0.3 is 16.3 Å². The number of hydrogen-bond acceptors (Lipinski definition) is 6. The fraction of sp³-hybridized carbons (Fsp3) is 0.778. The topological polar surface area (TPSA) is 102 Å². The molecule has 110 valence electrons. The first kappa shape index (κ1) is 16.5. The minimum absolute atomic E-state index is 0.254. The van der Waals surface area contributed by atoms with Gasteiger partial charge in [0.2, 0.25) is 0 Å². The minimum atomic E-state index is -3.86. The molecule has 0 radical (unpaired) electrons. The molecule has 1 amide bonds. The molecule has 0 bridgehead atoms. The van der Waals surface area contributed by atoms with Gasteiger partial charge in [0.15, 0.2) is 0 Å². The number of piperidine rings is 1. The predicted octanol–water partition coefficient (Wildman–Crippen LogP) is 0.0709. The van der Waals surface area contributed by atoms with Gasteiger partial charge in [-0.25, -0.2) is 9.52 Å². The van der Waals surface area contributed by atoms with Crippen molar-refractivity contribution >= 4 is 45.3 Å². The van der Waals surface area contributed by atoms with Crippen LogP contribution in [0, 0.1) is 0 Å². The Balaban J connectivity index is 2.73. The monoisotopic (exact) mass is 327 g/mol. The van der Waals surface area contributed by atoms with Crippen molar-refractivity contribution in [1.82, 2.24) is 9.03 Å². The van der Waals surface area contributed by atoms with E-state index < -0.39 is 16.3 Å². The van der Waals surface area contributed by atoms with E-state index in [1.165, 1.54) is 16.1 Å². The second-order valence-electron chi connectivity index (χ2n) is 4.06. The Labute approximate surface area is 122 Å². The number of nitrogens with zero attached hydrogens (tertiary/aromatic N) is 1. The van der Waals surface area contributed by atoms with Crippen LogP contribution >= 0.6 is 24.0 Å². The van der Waals surface area contributed by atoms with Crippen molar-refractivity contribution in [2.75, 3.05) is 26.5 Å². The van der Waals surface area contributed by atoms with Gasteiger partial charge in [-0.3, -0.25) is 0 Å². The van der Waals surface area contributed by atoms with Crippen LogP contribution in [0.2, 0.25) is 0 Å². The summed E-state index contributed by atoms with van der Waals surface area (Å²) >= 11 is 6.58. The van der Waals surface area contributed by atoms with E-state index in [-0.39, 0.29) is 17.8 Å². The van der Waals surface area contributed by atoms with Gasteiger partial charge in [0.25, 0.3) is 0 Å². The standard InChI is InChI=1S/C9H17N3O4S3/c1-16-8(13)11-19(14,15)12-5-3-9(18-2,4-6-12)7(10)17/h3-6H2,1-2H3,(H2,10,17)(H,11,13). The lowest BCUT2D eigenvalue weighted by Gasteiger charge is -2.39. The number of nitrogens with one attached hydrogen (secondary N) is 1. The average Bonchev–Trinajstić information content (AvgIpc) is 2.37. The predicted molar refractivity (Wildman–Crippen MR) is 78.3 cm³/mol. The van der Waals surface area contributed by atoms with Crippen LogP contribution in [0.1, 0.15) is 12.8 Å². The van der Waals surface area contributed by atoms with Gasteiger partial charge < -0.3 is 10.5 Å². The molecule has 0 aliphatic carbocycles. The summed E-state index contributed by atoms with van der Waals surface area (Å²) < 4.78 is 30.6. The van der Waals surface area contributed by atoms with Gasteiger partial charge in [0.05, 0.1) is 16.8 Å². The van der Waals surface area contributed by atoms with Crippen molar-refractivity contribution in [3.8, 4) is 0 Å². The van der Waals surface area contributed by atoms with Crippen molar-refractivity contribution in [2.45, 2.75) is 17.6 Å². The summed E-state index contributed by atoms with van der Waals surface area (Å²) in [6, 6.07) is 0. The SMILES string of the molecule is COC(=O)NS(=O)(=O)N1CCC(SC)(C(N)=S)CC1. The summed E-state index contributed by atoms with van der Waals surface area (Å²) in [7, 11) is -2.76. The molecule has 0 spiro atoms. The molecule has 1 aliphatic heterocycles. The lowest BCUT2D eigenvalue weighted by Crippen LogP contribution is -2.53. The molecule has 1 heterocycles. The molecule has 19 heavy (non-hydrogen) atoms. The molecular weight excluding hydrogens is 310 g/mol. The van der Waals surface area contributed by atoms with E-state index in [1.54, 1.807) is 0 Å². The number of thioether (sulfide) groups is 1. The Hall–Kier alpha value is -0.580. The minimum Gasteiger partial charge on any atom is -0.452 e. The number of nitrogens with two attached hydrogens (primary N) is 1. The second-order valence-corrected chi connectivity index (χ2v) is 7.36. The summed E-state index contributed by atoms with van der Waals surface area (Å²) in [6.07, 6.45) is 1.93. The van der Waals surface area contributed by atoms with E-state index in [4.69, 9.17) is 18.0 Å². The zero-order valence-corrected chi connectivity index (χ0v) is 13.2. The Morgan fingerprint density at radius 1 is 1.47 bits per heavy atom. The van der Waals surface area contributed by atoms with Crippen LogP contribution < -0.4 is 10.5 Å². The number of methoxy groups -OCH3 is 1. The summed E-state index contributed by atoms with van der Waals surface area (Å²) in [5.41, 5.74) is 5.72. The lowest BCUT2D eigenvalue weighted by molar-refractivity contribution is 0.176. The van der Waals surface area contributed by atoms with Gasteiger partial charge in [-0.2, -0.15) is 24.5 Å². The smallest absolute Gasteiger partial charge is 0.421 e. The Morgan fingerprint density at radius 3 is 2.37 bits per heavy atom. The van der Waals surface area contributed by atoms with E-state index >= 15 is 0 Å². The van der Waals surface area contributed by atoms with Gasteiger partial charge in [0, 0.05) is 13.1 Å². The maximum absolute atomic E-state index is 11.9. The molecule has 0 atom stereocenters. The summed E-state index contributed by atoms with van der Waals surface area (Å²) in [6.45, 7) is 0.509. The van der Waals surface area contributed by atoms with E-state index in [9.17, 15) is 13.2 Å². The number of thiocarbonyl (C=S) groups is 1. The highest BCUT2D eigenvalue weighted by molar-refractivity contribution is 8.02. The molecule has 0 aromatic heterocycles. The number of carbonyl (C=O) groups is 1. The molecule has 0 saturated carbocycles. The first-order chi connectivity index (χ1) is 8.77. The molecule has 7 nitrogen and oxygen atoms in total. The average molecular weight is 327 g/mol. The fourth-order valence-electron chi connectivity index (χ4n) is 1.85. The lowest BCUT2D eigenvalue weighted by atomic mass is 9.97. The van der Waals surface area contributed by atoms with E-state index in [0.717, 1.165) is 7.11 Å². The highest BCUT2D eigenvalue weighted by Crippen LogP contribution is 2.35. The third-order valence-electron chi connectivity index (χ3n) is 3.11. The van der Waals surface area contributed by atoms with Crippen LogP contribution in [0.15, 0.2) is 0 Å². The van der Waals surface area contributed by atoms with Gasteiger partial charge in [-0.1, -0.05) is 12.2 Å². The number of ether oxygens (including phenoxy) is 1. The van der Waals surface area contributed by atoms with Crippen LogP contribution in [0.5, 0.6) is 0 Å². The van der Waals surface area contributed by atoms with Crippen molar-refractivity contribution < 1.29 is 17.9 Å². The van der Waals surface area contributed by atoms with Crippen LogP contribution in [-0.4, -0.2) is 55.0 Å². The zero-order chi connectivity index (χ0) is 14.7. The maximum atomic E-state index is 11.9. The van der Waals surface area contributed by atoms with Crippen LogP contribution in [0.25, 0.3) is 0 Å². The quantitative estimate of drug-likeness (QED) is 0.705. The molecule has 1 rings (SSSR count). The zero-order valence-electron chi connectivity index (χ0n) is 10.7. The molecule has 1 fully saturated rings. The van der Waals surface area contributed by atoms with E-state index in [2.05, 4.69) is 4.74 Å². The third kappa shape index (κ3) is 3.71. The first-order valence-corrected chi connectivity index (χ1v) is 8.55. The molecule has 0 unspecified atom stereocenters. The highest BCUT2D eigenvalue weighted by Gasteiger charge is 2.40. The summed E-state index contributed by atoms with van der Waals surface area (Å²) in [4.78, 5) is 11.4. The van der Waals surface area contributed by atoms with Crippen LogP contribution in [-0.2, 0) is 14.9 Å². The second kappa shape index (κ2) is 6.25. The van der Waals surface area contributed by atoms with E-state index in [0.29, 0.717) is 17.8 Å². The largest absolute Gasteiger partial charge is 0.452 e. The first-order valence-electron chi connectivity index (χ1n) is 5.48. The Kier molecular flexibility index (Phi) is 5.42. The molecule has 0 aromatic carbocycles. The summed E-state index contributed by atoms with van der Waals surface area (Å²) in [5.74, 6) is 0. The van der Waals surface area contributed by atoms with Crippen molar-refractivity contribution in [1.29, 1.82) is 0 Å². The maximum Gasteiger partial charge on any atom is 0.421 e. The van der Waals surface area contributed by atoms with Crippen LogP contribution in [0.3, 0.4) is 0 Å². The fourth-order valence-corrected chi connectivity index (χ4v) is 4.18. The molecule has 3 N–H and O–H groups in total. The van der Waals surface area contributed by atoms with Crippen LogP contribution in [0.4, 0.5) is 4.79 Å². The Morgan fingerprint density at radius 2 is 2.00 bits per heavy atom. The molecule has 1 aliphatic rings. The number of amides is 1. The highest BCUT2D eigenvalue weighted by atomic mass is 32.2. The molecule has 10 heteroatoms.